The number of pyridine rings is 1. The summed E-state index contributed by atoms with van der Waals surface area (Å²) in [4.78, 5) is 39.3. The molecule has 0 saturated heterocycles. The van der Waals surface area contributed by atoms with Crippen molar-refractivity contribution < 1.29 is 24.2 Å². The molecule has 1 aliphatic rings. The lowest BCUT2D eigenvalue weighted by Crippen LogP contribution is -2.39. The third-order valence-corrected chi connectivity index (χ3v) is 3.34. The maximum Gasteiger partial charge on any atom is 0.410 e. The molecule has 2 heterocycles. The van der Waals surface area contributed by atoms with Gasteiger partial charge in [0.2, 0.25) is 0 Å². The zero-order valence-corrected chi connectivity index (χ0v) is 12.6. The fraction of sp³-hybridized carbons (Fsp3) is 0.500. The van der Waals surface area contributed by atoms with Crippen molar-refractivity contribution in [2.45, 2.75) is 32.9 Å². The third-order valence-electron chi connectivity index (χ3n) is 3.34. The molecule has 22 heavy (non-hydrogen) atoms. The van der Waals surface area contributed by atoms with Crippen molar-refractivity contribution in [3.05, 3.63) is 27.2 Å². The van der Waals surface area contributed by atoms with Crippen LogP contribution in [0.4, 0.5) is 4.79 Å². The number of methoxy groups -OCH3 is 1. The fourth-order valence-corrected chi connectivity index (χ4v) is 2.32. The SMILES string of the molecule is COC(=O)c1c(O)c2c([nH]c1=O)CN(C(=O)OC(C)C)CC2. The van der Waals surface area contributed by atoms with Gasteiger partial charge in [-0.25, -0.2) is 9.59 Å². The van der Waals surface area contributed by atoms with Crippen LogP contribution in [0.15, 0.2) is 4.79 Å². The summed E-state index contributed by atoms with van der Waals surface area (Å²) in [7, 11) is 1.13. The number of nitrogens with zero attached hydrogens (tertiary/aromatic N) is 1. The molecule has 2 rings (SSSR count). The van der Waals surface area contributed by atoms with E-state index in [2.05, 4.69) is 9.72 Å². The summed E-state index contributed by atoms with van der Waals surface area (Å²) in [5.41, 5.74) is -0.336. The molecule has 0 unspecified atom stereocenters. The van der Waals surface area contributed by atoms with Crippen LogP contribution in [0.5, 0.6) is 5.75 Å². The van der Waals surface area contributed by atoms with Crippen molar-refractivity contribution in [2.24, 2.45) is 0 Å². The van der Waals surface area contributed by atoms with Crippen molar-refractivity contribution in [3.8, 4) is 5.75 Å². The van der Waals surface area contributed by atoms with Gasteiger partial charge in [-0.3, -0.25) is 4.79 Å². The number of carbonyl (C=O) groups is 2. The smallest absolute Gasteiger partial charge is 0.410 e. The van der Waals surface area contributed by atoms with Crippen LogP contribution < -0.4 is 5.56 Å². The first-order chi connectivity index (χ1) is 10.3. The van der Waals surface area contributed by atoms with Crippen LogP contribution in [-0.2, 0) is 22.4 Å². The van der Waals surface area contributed by atoms with Crippen molar-refractivity contribution in [1.82, 2.24) is 9.88 Å². The van der Waals surface area contributed by atoms with Gasteiger partial charge in [0.1, 0.15) is 5.75 Å². The second-order valence-electron chi connectivity index (χ2n) is 5.23. The molecule has 1 amide bonds. The number of aromatic amines is 1. The maximum absolute atomic E-state index is 11.9. The Kier molecular flexibility index (Phi) is 4.39. The number of hydrogen-bond donors (Lipinski definition) is 2. The lowest BCUT2D eigenvalue weighted by atomic mass is 10.0. The van der Waals surface area contributed by atoms with Gasteiger partial charge in [-0.15, -0.1) is 0 Å². The highest BCUT2D eigenvalue weighted by atomic mass is 16.6. The van der Waals surface area contributed by atoms with Gasteiger partial charge in [-0.05, 0) is 20.3 Å². The van der Waals surface area contributed by atoms with Crippen molar-refractivity contribution in [3.63, 3.8) is 0 Å². The van der Waals surface area contributed by atoms with E-state index >= 15 is 0 Å². The van der Waals surface area contributed by atoms with Gasteiger partial charge in [0.25, 0.3) is 5.56 Å². The van der Waals surface area contributed by atoms with E-state index in [0.29, 0.717) is 24.2 Å². The quantitative estimate of drug-likeness (QED) is 0.781. The first-order valence-corrected chi connectivity index (χ1v) is 6.86. The van der Waals surface area contributed by atoms with Gasteiger partial charge < -0.3 is 24.5 Å². The molecule has 0 aliphatic carbocycles. The number of H-pyrrole nitrogens is 1. The second-order valence-corrected chi connectivity index (χ2v) is 5.23. The average molecular weight is 310 g/mol. The lowest BCUT2D eigenvalue weighted by molar-refractivity contribution is 0.0591. The number of hydrogen-bond acceptors (Lipinski definition) is 6. The molecular formula is C14H18N2O6. The monoisotopic (exact) mass is 310 g/mol. The highest BCUT2D eigenvalue weighted by Crippen LogP contribution is 2.27. The van der Waals surface area contributed by atoms with E-state index in [1.165, 1.54) is 4.90 Å². The van der Waals surface area contributed by atoms with Crippen LogP contribution >= 0.6 is 0 Å². The Hall–Kier alpha value is -2.51. The Labute approximate surface area is 126 Å². The zero-order chi connectivity index (χ0) is 16.4. The second kappa shape index (κ2) is 6.08. The summed E-state index contributed by atoms with van der Waals surface area (Å²) >= 11 is 0. The molecule has 1 aliphatic heterocycles. The highest BCUT2D eigenvalue weighted by molar-refractivity contribution is 5.92. The molecule has 0 atom stereocenters. The van der Waals surface area contributed by atoms with Crippen molar-refractivity contribution in [1.29, 1.82) is 0 Å². The Bertz CT molecular complexity index is 664. The predicted octanol–water partition coefficient (Wildman–Crippen LogP) is 0.770. The molecule has 8 nitrogen and oxygen atoms in total. The number of fused-ring (bicyclic) bond motifs is 1. The number of rotatable bonds is 2. The molecule has 8 heteroatoms. The van der Waals surface area contributed by atoms with Gasteiger partial charge in [-0.1, -0.05) is 0 Å². The fourth-order valence-electron chi connectivity index (χ4n) is 2.32. The van der Waals surface area contributed by atoms with E-state index in [1.54, 1.807) is 13.8 Å². The molecule has 2 N–H and O–H groups in total. The minimum atomic E-state index is -0.900. The number of ether oxygens (including phenoxy) is 2. The lowest BCUT2D eigenvalue weighted by Gasteiger charge is -2.29. The minimum Gasteiger partial charge on any atom is -0.506 e. The Morgan fingerprint density at radius 1 is 1.36 bits per heavy atom. The maximum atomic E-state index is 11.9. The molecule has 0 saturated carbocycles. The van der Waals surface area contributed by atoms with Crippen LogP contribution in [0.2, 0.25) is 0 Å². The molecule has 120 valence electrons. The third kappa shape index (κ3) is 2.90. The van der Waals surface area contributed by atoms with Gasteiger partial charge >= 0.3 is 12.1 Å². The predicted molar refractivity (Wildman–Crippen MR) is 75.8 cm³/mol. The van der Waals surface area contributed by atoms with Crippen LogP contribution in [0.3, 0.4) is 0 Å². The first-order valence-electron chi connectivity index (χ1n) is 6.86. The van der Waals surface area contributed by atoms with Crippen LogP contribution in [0.25, 0.3) is 0 Å². The van der Waals surface area contributed by atoms with E-state index in [1.807, 2.05) is 0 Å². The highest BCUT2D eigenvalue weighted by Gasteiger charge is 2.29. The van der Waals surface area contributed by atoms with Gasteiger partial charge in [0.15, 0.2) is 5.56 Å². The van der Waals surface area contributed by atoms with E-state index in [-0.39, 0.29) is 18.4 Å². The molecule has 1 aromatic rings. The molecule has 1 aromatic heterocycles. The summed E-state index contributed by atoms with van der Waals surface area (Å²) in [6.07, 6.45) is -0.434. The normalized spacial score (nSPS) is 13.7. The van der Waals surface area contributed by atoms with E-state index < -0.39 is 23.2 Å². The van der Waals surface area contributed by atoms with Crippen molar-refractivity contribution in [2.75, 3.05) is 13.7 Å². The van der Waals surface area contributed by atoms with Crippen LogP contribution in [-0.4, -0.2) is 46.8 Å². The zero-order valence-electron chi connectivity index (χ0n) is 12.6. The summed E-state index contributed by atoms with van der Waals surface area (Å²) < 4.78 is 9.59. The number of aromatic hydroxyl groups is 1. The molecule has 0 bridgehead atoms. The molecule has 0 spiro atoms. The van der Waals surface area contributed by atoms with Crippen LogP contribution in [0, 0.1) is 0 Å². The van der Waals surface area contributed by atoms with E-state index in [9.17, 15) is 19.5 Å². The molecule has 0 radical (unpaired) electrons. The van der Waals surface area contributed by atoms with E-state index in [0.717, 1.165) is 7.11 Å². The Morgan fingerprint density at radius 2 is 2.05 bits per heavy atom. The summed E-state index contributed by atoms with van der Waals surface area (Å²) in [5, 5.41) is 10.1. The Balaban J connectivity index is 2.33. The number of carbonyl (C=O) groups excluding carboxylic acids is 2. The van der Waals surface area contributed by atoms with Crippen molar-refractivity contribution >= 4 is 12.1 Å². The topological polar surface area (TPSA) is 109 Å². The number of amides is 1. The average Bonchev–Trinajstić information content (AvgIpc) is 2.45. The first kappa shape index (κ1) is 15.9. The van der Waals surface area contributed by atoms with Crippen LogP contribution in [0.1, 0.15) is 35.5 Å². The summed E-state index contributed by atoms with van der Waals surface area (Å²) in [6, 6.07) is 0. The van der Waals surface area contributed by atoms with Gasteiger partial charge in [0.05, 0.1) is 19.8 Å². The van der Waals surface area contributed by atoms with Gasteiger partial charge in [0, 0.05) is 17.8 Å². The number of nitrogens with one attached hydrogen (secondary N) is 1. The standard InChI is InChI=1S/C14H18N2O6/c1-7(2)22-14(20)16-5-4-8-9(6-16)15-12(18)10(11(8)17)13(19)21-3/h7H,4-6H2,1-3H3,(H2,15,17,18). The Morgan fingerprint density at radius 3 is 2.64 bits per heavy atom. The molecular weight excluding hydrogens is 292 g/mol. The van der Waals surface area contributed by atoms with Gasteiger partial charge in [-0.2, -0.15) is 0 Å². The molecule has 0 fully saturated rings. The largest absolute Gasteiger partial charge is 0.506 e. The van der Waals surface area contributed by atoms with E-state index in [4.69, 9.17) is 4.74 Å². The minimum absolute atomic E-state index is 0.102. The molecule has 0 aromatic carbocycles. The number of esters is 1. The number of aromatic nitrogens is 1. The summed E-state index contributed by atoms with van der Waals surface area (Å²) in [5.74, 6) is -1.29. The summed E-state index contributed by atoms with van der Waals surface area (Å²) in [6.45, 7) is 3.90.